The van der Waals surface area contributed by atoms with E-state index in [0.29, 0.717) is 23.4 Å². The highest BCUT2D eigenvalue weighted by atomic mass is 16.5. The molecule has 29 heavy (non-hydrogen) atoms. The number of nitrogens with zero attached hydrogens (tertiary/aromatic N) is 1. The van der Waals surface area contributed by atoms with Crippen LogP contribution in [0.3, 0.4) is 0 Å². The lowest BCUT2D eigenvalue weighted by molar-refractivity contribution is 0.0958. The Kier molecular flexibility index (Phi) is 6.44. The van der Waals surface area contributed by atoms with Crippen molar-refractivity contribution in [1.29, 1.82) is 0 Å². The molecular formula is C23H34N4O2. The lowest BCUT2D eigenvalue weighted by Crippen LogP contribution is -2.20. The van der Waals surface area contributed by atoms with Gasteiger partial charge in [-0.1, -0.05) is 26.8 Å². The Morgan fingerprint density at radius 3 is 2.45 bits per heavy atom. The lowest BCUT2D eigenvalue weighted by Gasteiger charge is -2.23. The Hall–Kier alpha value is -2.18. The molecule has 1 amide bonds. The number of anilines is 1. The number of nitrogens with two attached hydrogens (primary N) is 1. The van der Waals surface area contributed by atoms with Gasteiger partial charge in [-0.25, -0.2) is 4.98 Å². The number of methoxy groups -OCH3 is 1. The number of ether oxygens (including phenoxy) is 1. The van der Waals surface area contributed by atoms with Gasteiger partial charge in [-0.2, -0.15) is 0 Å². The van der Waals surface area contributed by atoms with Crippen LogP contribution in [0, 0.1) is 0 Å². The first kappa shape index (κ1) is 21.5. The lowest BCUT2D eigenvalue weighted by atomic mass is 9.83. The van der Waals surface area contributed by atoms with Crippen molar-refractivity contribution >= 4 is 22.5 Å². The van der Waals surface area contributed by atoms with Gasteiger partial charge in [0.05, 0.1) is 11.6 Å². The number of carbonyl (C=O) groups is 1. The van der Waals surface area contributed by atoms with Crippen LogP contribution in [0.1, 0.15) is 67.6 Å². The minimum Gasteiger partial charge on any atom is -0.398 e. The number of hydrogen-bond acceptors (Lipinski definition) is 5. The van der Waals surface area contributed by atoms with Crippen LogP contribution in [0.15, 0.2) is 18.2 Å². The van der Waals surface area contributed by atoms with Gasteiger partial charge >= 0.3 is 0 Å². The normalized spacial score (nSPS) is 19.0. The molecule has 1 aliphatic carbocycles. The average molecular weight is 399 g/mol. The molecule has 1 atom stereocenters. The number of benzene rings is 1. The van der Waals surface area contributed by atoms with Gasteiger partial charge in [0, 0.05) is 31.8 Å². The Morgan fingerprint density at radius 2 is 1.97 bits per heavy atom. The van der Waals surface area contributed by atoms with Gasteiger partial charge in [0.25, 0.3) is 5.91 Å². The fourth-order valence-electron chi connectivity index (χ4n) is 3.67. The number of pyridine rings is 1. The van der Waals surface area contributed by atoms with E-state index in [-0.39, 0.29) is 11.3 Å². The molecule has 158 valence electrons. The van der Waals surface area contributed by atoms with Gasteiger partial charge in [0.2, 0.25) is 0 Å². The minimum absolute atomic E-state index is 0.0517. The van der Waals surface area contributed by atoms with E-state index in [9.17, 15) is 4.79 Å². The average Bonchev–Trinajstić information content (AvgIpc) is 3.40. The van der Waals surface area contributed by atoms with E-state index in [0.717, 1.165) is 29.6 Å². The summed E-state index contributed by atoms with van der Waals surface area (Å²) < 4.78 is 5.05. The maximum atomic E-state index is 11.9. The van der Waals surface area contributed by atoms with Crippen LogP contribution >= 0.6 is 0 Å². The number of nitrogens with one attached hydrogen (secondary N) is 2. The Bertz CT molecular complexity index is 879. The van der Waals surface area contributed by atoms with Gasteiger partial charge in [-0.05, 0) is 60.4 Å². The van der Waals surface area contributed by atoms with E-state index in [4.69, 9.17) is 10.5 Å². The zero-order valence-corrected chi connectivity index (χ0v) is 18.3. The van der Waals surface area contributed by atoms with Gasteiger partial charge in [-0.3, -0.25) is 4.79 Å². The van der Waals surface area contributed by atoms with Crippen LogP contribution < -0.4 is 16.4 Å². The summed E-state index contributed by atoms with van der Waals surface area (Å²) >= 11 is 0. The number of carbonyl (C=O) groups excluding carboxylic acids is 1. The maximum Gasteiger partial charge on any atom is 0.269 e. The van der Waals surface area contributed by atoms with E-state index < -0.39 is 0 Å². The van der Waals surface area contributed by atoms with Crippen LogP contribution in [0.4, 0.5) is 5.69 Å². The summed E-state index contributed by atoms with van der Waals surface area (Å²) in [6, 6.07) is 6.07. The number of rotatable bonds is 3. The molecule has 0 spiro atoms. The third kappa shape index (κ3) is 5.06. The molecule has 2 heterocycles. The third-order valence-electron chi connectivity index (χ3n) is 5.63. The molecule has 1 aromatic carbocycles. The Balaban J connectivity index is 0.000000290. The quantitative estimate of drug-likeness (QED) is 0.738. The van der Waals surface area contributed by atoms with Crippen molar-refractivity contribution in [3.63, 3.8) is 0 Å². The highest BCUT2D eigenvalue weighted by molar-refractivity contribution is 6.00. The van der Waals surface area contributed by atoms with Crippen LogP contribution in [0.5, 0.6) is 0 Å². The fraction of sp³-hybridized carbons (Fsp3) is 0.565. The number of aromatic nitrogens is 1. The van der Waals surface area contributed by atoms with Gasteiger partial charge in [0.15, 0.2) is 0 Å². The molecule has 1 aliphatic heterocycles. The Labute approximate surface area is 173 Å². The predicted molar refractivity (Wildman–Crippen MR) is 119 cm³/mol. The monoisotopic (exact) mass is 398 g/mol. The molecule has 0 bridgehead atoms. The summed E-state index contributed by atoms with van der Waals surface area (Å²) in [6.45, 7) is 8.67. The van der Waals surface area contributed by atoms with Crippen molar-refractivity contribution in [2.45, 2.75) is 57.5 Å². The second kappa shape index (κ2) is 8.67. The molecule has 1 saturated carbocycles. The molecule has 4 rings (SSSR count). The number of nitrogen functional groups attached to an aromatic ring is 1. The molecule has 6 heteroatoms. The second-order valence-corrected chi connectivity index (χ2v) is 9.02. The molecule has 0 radical (unpaired) electrons. The van der Waals surface area contributed by atoms with Crippen molar-refractivity contribution in [2.75, 3.05) is 33.0 Å². The van der Waals surface area contributed by atoms with Gasteiger partial charge in [-0.15, -0.1) is 0 Å². The topological polar surface area (TPSA) is 89.3 Å². The Morgan fingerprint density at radius 1 is 1.24 bits per heavy atom. The molecule has 6 nitrogen and oxygen atoms in total. The highest BCUT2D eigenvalue weighted by Crippen LogP contribution is 2.43. The zero-order valence-electron chi connectivity index (χ0n) is 18.3. The number of amides is 1. The molecule has 2 fully saturated rings. The van der Waals surface area contributed by atoms with Crippen LogP contribution in [-0.4, -0.2) is 44.2 Å². The third-order valence-corrected chi connectivity index (χ3v) is 5.63. The number of hydrogen-bond donors (Lipinski definition) is 3. The molecule has 1 saturated heterocycles. The fourth-order valence-corrected chi connectivity index (χ4v) is 3.67. The first-order chi connectivity index (χ1) is 13.7. The SMILES string of the molecule is CNC(=O)c1cc(N)c2cc(C3CC3)cc(C(C)(C)C)c2n1.COC1CCNC1. The first-order valence-corrected chi connectivity index (χ1v) is 10.4. The molecule has 2 aliphatic rings. The summed E-state index contributed by atoms with van der Waals surface area (Å²) in [4.78, 5) is 16.5. The molecule has 2 aromatic rings. The van der Waals surface area contributed by atoms with E-state index in [1.165, 1.54) is 24.8 Å². The first-order valence-electron chi connectivity index (χ1n) is 10.4. The summed E-state index contributed by atoms with van der Waals surface area (Å²) in [7, 11) is 3.36. The van der Waals surface area contributed by atoms with Crippen molar-refractivity contribution in [2.24, 2.45) is 0 Å². The second-order valence-electron chi connectivity index (χ2n) is 9.02. The smallest absolute Gasteiger partial charge is 0.269 e. The van der Waals surface area contributed by atoms with Crippen molar-refractivity contribution in [1.82, 2.24) is 15.6 Å². The molecular weight excluding hydrogens is 364 g/mol. The largest absolute Gasteiger partial charge is 0.398 e. The summed E-state index contributed by atoms with van der Waals surface area (Å²) in [5.41, 5.74) is 10.5. The highest BCUT2D eigenvalue weighted by Gasteiger charge is 2.28. The zero-order chi connectivity index (χ0) is 21.2. The molecule has 4 N–H and O–H groups in total. The molecule has 1 aromatic heterocycles. The van der Waals surface area contributed by atoms with Crippen molar-refractivity contribution in [3.05, 3.63) is 35.0 Å². The summed E-state index contributed by atoms with van der Waals surface area (Å²) in [6.07, 6.45) is 4.16. The summed E-state index contributed by atoms with van der Waals surface area (Å²) in [5, 5.41) is 6.77. The van der Waals surface area contributed by atoms with E-state index in [1.54, 1.807) is 20.2 Å². The standard InChI is InChI=1S/C18H23N3O.C5H11NO/c1-18(2,3)13-8-11(10-5-6-10)7-12-14(19)9-15(17(22)20-4)21-16(12)13;1-7-5-2-3-6-4-5/h7-10H,5-6H2,1-4H3,(H2,19,21)(H,20,22);5-6H,2-4H2,1H3. The van der Waals surface area contributed by atoms with Gasteiger partial charge in [0.1, 0.15) is 5.69 Å². The van der Waals surface area contributed by atoms with Crippen LogP contribution in [0.2, 0.25) is 0 Å². The maximum absolute atomic E-state index is 11.9. The minimum atomic E-state index is -0.209. The molecule has 1 unspecified atom stereocenters. The van der Waals surface area contributed by atoms with Crippen molar-refractivity contribution in [3.8, 4) is 0 Å². The van der Waals surface area contributed by atoms with E-state index in [2.05, 4.69) is 48.5 Å². The van der Waals surface area contributed by atoms with Crippen molar-refractivity contribution < 1.29 is 9.53 Å². The summed E-state index contributed by atoms with van der Waals surface area (Å²) in [5.74, 6) is 0.447. The van der Waals surface area contributed by atoms with Crippen LogP contribution in [0.25, 0.3) is 10.9 Å². The predicted octanol–water partition coefficient (Wildman–Crippen LogP) is 3.35. The van der Waals surface area contributed by atoms with Gasteiger partial charge < -0.3 is 21.1 Å². The van der Waals surface area contributed by atoms with Crippen LogP contribution in [-0.2, 0) is 10.2 Å². The number of fused-ring (bicyclic) bond motifs is 1. The van der Waals surface area contributed by atoms with E-state index >= 15 is 0 Å². The van der Waals surface area contributed by atoms with E-state index in [1.807, 2.05) is 0 Å².